The third kappa shape index (κ3) is 3.65. The van der Waals surface area contributed by atoms with Crippen LogP contribution in [0, 0.1) is 13.8 Å². The van der Waals surface area contributed by atoms with Gasteiger partial charge in [0.15, 0.2) is 6.29 Å². The summed E-state index contributed by atoms with van der Waals surface area (Å²) in [5.74, 6) is 0.876. The zero-order valence-electron chi connectivity index (χ0n) is 14.5. The monoisotopic (exact) mass is 338 g/mol. The third-order valence-corrected chi connectivity index (χ3v) is 4.37. The van der Waals surface area contributed by atoms with Crippen LogP contribution in [0.4, 0.5) is 5.82 Å². The van der Waals surface area contributed by atoms with Crippen LogP contribution in [0.5, 0.6) is 0 Å². The molecule has 1 aliphatic heterocycles. The Bertz CT molecular complexity index is 871. The van der Waals surface area contributed by atoms with Crippen LogP contribution in [0.1, 0.15) is 17.0 Å². The van der Waals surface area contributed by atoms with Gasteiger partial charge in [-0.1, -0.05) is 12.1 Å². The van der Waals surface area contributed by atoms with E-state index >= 15 is 0 Å². The van der Waals surface area contributed by atoms with Crippen LogP contribution in [0.3, 0.4) is 0 Å². The number of hydrogen-bond acceptors (Lipinski definition) is 5. The summed E-state index contributed by atoms with van der Waals surface area (Å²) in [5.41, 5.74) is 4.48. The van der Waals surface area contributed by atoms with Crippen molar-refractivity contribution in [2.75, 3.05) is 24.7 Å². The van der Waals surface area contributed by atoms with Crippen LogP contribution in [0.15, 0.2) is 36.7 Å². The third-order valence-electron chi connectivity index (χ3n) is 4.37. The number of anilines is 1. The molecule has 1 saturated heterocycles. The average Bonchev–Trinajstić information content (AvgIpc) is 3.23. The molecule has 2 aromatic heterocycles. The van der Waals surface area contributed by atoms with E-state index in [1.54, 1.807) is 6.33 Å². The second-order valence-electron chi connectivity index (χ2n) is 6.45. The predicted octanol–water partition coefficient (Wildman–Crippen LogP) is 2.95. The van der Waals surface area contributed by atoms with E-state index in [0.29, 0.717) is 26.3 Å². The van der Waals surface area contributed by atoms with Crippen LogP contribution >= 0.6 is 0 Å². The minimum Gasteiger partial charge on any atom is -0.357 e. The zero-order chi connectivity index (χ0) is 17.2. The predicted molar refractivity (Wildman–Crippen MR) is 96.5 cm³/mol. The van der Waals surface area contributed by atoms with Crippen molar-refractivity contribution in [1.29, 1.82) is 0 Å². The summed E-state index contributed by atoms with van der Waals surface area (Å²) in [5, 5.41) is 1.22. The van der Waals surface area contributed by atoms with Gasteiger partial charge in [-0.15, -0.1) is 0 Å². The summed E-state index contributed by atoms with van der Waals surface area (Å²) in [6.07, 6.45) is 1.38. The van der Waals surface area contributed by atoms with Gasteiger partial charge in [0.1, 0.15) is 12.1 Å². The fourth-order valence-electron chi connectivity index (χ4n) is 3.14. The summed E-state index contributed by atoms with van der Waals surface area (Å²) < 4.78 is 11.3. The lowest BCUT2D eigenvalue weighted by Gasteiger charge is -2.25. The van der Waals surface area contributed by atoms with Crippen molar-refractivity contribution in [2.45, 2.75) is 26.7 Å². The highest BCUT2D eigenvalue weighted by molar-refractivity contribution is 5.81. The SMILES string of the molecule is Cc1ccc2cc(CN(CC3OCCO3)c3cc(C)ncn3)[nH]c2c1. The summed E-state index contributed by atoms with van der Waals surface area (Å²) in [6, 6.07) is 10.6. The molecule has 0 amide bonds. The van der Waals surface area contributed by atoms with Gasteiger partial charge in [0.2, 0.25) is 0 Å². The molecule has 1 aliphatic rings. The molecule has 130 valence electrons. The van der Waals surface area contributed by atoms with Crippen LogP contribution in [0.2, 0.25) is 0 Å². The first-order chi connectivity index (χ1) is 12.2. The molecule has 0 radical (unpaired) electrons. The van der Waals surface area contributed by atoms with Crippen molar-refractivity contribution in [2.24, 2.45) is 0 Å². The molecule has 0 aliphatic carbocycles. The molecule has 6 nitrogen and oxygen atoms in total. The molecular formula is C19H22N4O2. The van der Waals surface area contributed by atoms with Gasteiger partial charge in [-0.3, -0.25) is 0 Å². The van der Waals surface area contributed by atoms with Crippen LogP contribution in [0.25, 0.3) is 10.9 Å². The van der Waals surface area contributed by atoms with Gasteiger partial charge in [-0.2, -0.15) is 0 Å². The van der Waals surface area contributed by atoms with Crippen molar-refractivity contribution < 1.29 is 9.47 Å². The lowest BCUT2D eigenvalue weighted by Crippen LogP contribution is -2.33. The molecular weight excluding hydrogens is 316 g/mol. The number of ether oxygens (including phenoxy) is 2. The molecule has 1 fully saturated rings. The van der Waals surface area contributed by atoms with E-state index in [0.717, 1.165) is 22.7 Å². The Balaban J connectivity index is 1.61. The van der Waals surface area contributed by atoms with E-state index < -0.39 is 0 Å². The maximum Gasteiger partial charge on any atom is 0.175 e. The lowest BCUT2D eigenvalue weighted by atomic mass is 10.2. The fourth-order valence-corrected chi connectivity index (χ4v) is 3.14. The quantitative estimate of drug-likeness (QED) is 0.775. The molecule has 3 heterocycles. The minimum atomic E-state index is -0.220. The second-order valence-corrected chi connectivity index (χ2v) is 6.45. The van der Waals surface area contributed by atoms with E-state index in [1.807, 2.05) is 13.0 Å². The average molecular weight is 338 g/mol. The number of nitrogens with one attached hydrogen (secondary N) is 1. The van der Waals surface area contributed by atoms with E-state index in [4.69, 9.17) is 9.47 Å². The molecule has 3 aromatic rings. The van der Waals surface area contributed by atoms with Crippen molar-refractivity contribution in [3.8, 4) is 0 Å². The number of benzene rings is 1. The lowest BCUT2D eigenvalue weighted by molar-refractivity contribution is -0.0346. The Hall–Kier alpha value is -2.44. The molecule has 6 heteroatoms. The number of H-pyrrole nitrogens is 1. The number of aromatic nitrogens is 3. The Morgan fingerprint density at radius 2 is 1.96 bits per heavy atom. The Morgan fingerprint density at radius 3 is 2.76 bits per heavy atom. The number of aryl methyl sites for hydroxylation is 2. The number of fused-ring (bicyclic) bond motifs is 1. The molecule has 0 spiro atoms. The molecule has 1 N–H and O–H groups in total. The molecule has 0 bridgehead atoms. The zero-order valence-corrected chi connectivity index (χ0v) is 14.5. The highest BCUT2D eigenvalue weighted by Gasteiger charge is 2.21. The maximum atomic E-state index is 5.63. The molecule has 1 aromatic carbocycles. The van der Waals surface area contributed by atoms with E-state index in [9.17, 15) is 0 Å². The van der Waals surface area contributed by atoms with Crippen LogP contribution in [-0.4, -0.2) is 41.0 Å². The maximum absolute atomic E-state index is 5.63. The number of rotatable bonds is 5. The Labute approximate surface area is 146 Å². The van der Waals surface area contributed by atoms with Gasteiger partial charge in [-0.05, 0) is 36.9 Å². The van der Waals surface area contributed by atoms with E-state index in [-0.39, 0.29) is 6.29 Å². The Kier molecular flexibility index (Phi) is 4.38. The van der Waals surface area contributed by atoms with Gasteiger partial charge >= 0.3 is 0 Å². The van der Waals surface area contributed by atoms with Crippen molar-refractivity contribution in [1.82, 2.24) is 15.0 Å². The molecule has 0 saturated carbocycles. The highest BCUT2D eigenvalue weighted by atomic mass is 16.7. The Morgan fingerprint density at radius 1 is 1.12 bits per heavy atom. The number of hydrogen-bond donors (Lipinski definition) is 1. The van der Waals surface area contributed by atoms with E-state index in [1.165, 1.54) is 10.9 Å². The second kappa shape index (κ2) is 6.82. The number of nitrogens with zero attached hydrogens (tertiary/aromatic N) is 3. The van der Waals surface area contributed by atoms with Crippen LogP contribution < -0.4 is 4.90 Å². The first kappa shape index (κ1) is 16.1. The van der Waals surface area contributed by atoms with Gasteiger partial charge < -0.3 is 19.4 Å². The number of aromatic amines is 1. The van der Waals surface area contributed by atoms with Gasteiger partial charge in [-0.25, -0.2) is 9.97 Å². The van der Waals surface area contributed by atoms with Gasteiger partial charge in [0.05, 0.1) is 26.3 Å². The summed E-state index contributed by atoms with van der Waals surface area (Å²) in [6.45, 7) is 6.69. The summed E-state index contributed by atoms with van der Waals surface area (Å²) in [4.78, 5) is 14.3. The fraction of sp³-hybridized carbons (Fsp3) is 0.368. The molecule has 25 heavy (non-hydrogen) atoms. The largest absolute Gasteiger partial charge is 0.357 e. The first-order valence-electron chi connectivity index (χ1n) is 8.52. The molecule has 0 unspecified atom stereocenters. The smallest absolute Gasteiger partial charge is 0.175 e. The van der Waals surface area contributed by atoms with Crippen LogP contribution in [-0.2, 0) is 16.0 Å². The molecule has 0 atom stereocenters. The van der Waals surface area contributed by atoms with Crippen molar-refractivity contribution in [3.05, 3.63) is 53.6 Å². The standard InChI is InChI=1S/C19H22N4O2/c1-13-3-4-15-9-16(22-17(15)7-13)10-23(11-19-24-5-6-25-19)18-8-14(2)20-12-21-18/h3-4,7-9,12,19,22H,5-6,10-11H2,1-2H3. The van der Waals surface area contributed by atoms with Gasteiger partial charge in [0.25, 0.3) is 0 Å². The van der Waals surface area contributed by atoms with Gasteiger partial charge in [0, 0.05) is 23.0 Å². The minimum absolute atomic E-state index is 0.220. The molecule has 4 rings (SSSR count). The highest BCUT2D eigenvalue weighted by Crippen LogP contribution is 2.21. The normalized spacial score (nSPS) is 15.1. The summed E-state index contributed by atoms with van der Waals surface area (Å²) in [7, 11) is 0. The van der Waals surface area contributed by atoms with Crippen molar-refractivity contribution >= 4 is 16.7 Å². The van der Waals surface area contributed by atoms with E-state index in [2.05, 4.69) is 51.0 Å². The topological polar surface area (TPSA) is 63.3 Å². The van der Waals surface area contributed by atoms with Crippen molar-refractivity contribution in [3.63, 3.8) is 0 Å². The first-order valence-corrected chi connectivity index (χ1v) is 8.52. The summed E-state index contributed by atoms with van der Waals surface area (Å²) >= 11 is 0.